The van der Waals surface area contributed by atoms with Crippen LogP contribution in [0, 0.1) is 0 Å². The lowest BCUT2D eigenvalue weighted by molar-refractivity contribution is 0.0523. The first-order chi connectivity index (χ1) is 6.70. The fourth-order valence-corrected chi connectivity index (χ4v) is 1.18. The van der Waals surface area contributed by atoms with Gasteiger partial charge in [-0.1, -0.05) is 6.07 Å². The molecule has 0 saturated heterocycles. The number of rotatable bonds is 3. The minimum Gasteiger partial charge on any atom is -0.462 e. The highest BCUT2D eigenvalue weighted by atomic mass is 16.5. The molecule has 1 aromatic rings. The number of benzene rings is 1. The summed E-state index contributed by atoms with van der Waals surface area (Å²) in [5, 5.41) is 9.03. The molecule has 0 unspecified atom stereocenters. The lowest BCUT2D eigenvalue weighted by Gasteiger charge is -2.08. The summed E-state index contributed by atoms with van der Waals surface area (Å²) in [5.74, 6) is -0.455. The predicted octanol–water partition coefficient (Wildman–Crippen LogP) is 0.938. The maximum atomic E-state index is 11.4. The first-order valence-electron chi connectivity index (χ1n) is 4.36. The third kappa shape index (κ3) is 2.03. The third-order valence-corrected chi connectivity index (χ3v) is 1.87. The van der Waals surface area contributed by atoms with Crippen molar-refractivity contribution >= 4 is 11.7 Å². The van der Waals surface area contributed by atoms with Crippen LogP contribution in [0.25, 0.3) is 0 Å². The van der Waals surface area contributed by atoms with Crippen LogP contribution in [0.1, 0.15) is 22.8 Å². The van der Waals surface area contributed by atoms with Crippen molar-refractivity contribution in [1.29, 1.82) is 0 Å². The largest absolute Gasteiger partial charge is 0.462 e. The lowest BCUT2D eigenvalue weighted by atomic mass is 10.1. The minimum atomic E-state index is -0.455. The molecule has 1 rings (SSSR count). The first-order valence-corrected chi connectivity index (χ1v) is 4.36. The zero-order valence-electron chi connectivity index (χ0n) is 7.99. The van der Waals surface area contributed by atoms with E-state index in [0.717, 1.165) is 0 Å². The van der Waals surface area contributed by atoms with Gasteiger partial charge in [-0.05, 0) is 19.1 Å². The van der Waals surface area contributed by atoms with Crippen LogP contribution in [0.5, 0.6) is 0 Å². The maximum Gasteiger partial charge on any atom is 0.338 e. The van der Waals surface area contributed by atoms with Crippen molar-refractivity contribution in [2.45, 2.75) is 13.5 Å². The Morgan fingerprint density at radius 1 is 1.57 bits per heavy atom. The fraction of sp³-hybridized carbons (Fsp3) is 0.300. The van der Waals surface area contributed by atoms with Crippen molar-refractivity contribution in [3.63, 3.8) is 0 Å². The molecule has 14 heavy (non-hydrogen) atoms. The fourth-order valence-electron chi connectivity index (χ4n) is 1.18. The molecule has 0 radical (unpaired) electrons. The topological polar surface area (TPSA) is 72.5 Å². The molecule has 76 valence electrons. The summed E-state index contributed by atoms with van der Waals surface area (Å²) in [7, 11) is 0. The summed E-state index contributed by atoms with van der Waals surface area (Å²) >= 11 is 0. The van der Waals surface area contributed by atoms with Gasteiger partial charge in [0.25, 0.3) is 0 Å². The van der Waals surface area contributed by atoms with E-state index in [1.165, 1.54) is 0 Å². The van der Waals surface area contributed by atoms with E-state index in [-0.39, 0.29) is 6.61 Å². The molecule has 0 amide bonds. The average molecular weight is 195 g/mol. The molecule has 0 atom stereocenters. The van der Waals surface area contributed by atoms with E-state index in [1.807, 2.05) is 0 Å². The number of hydrogen-bond donors (Lipinski definition) is 2. The van der Waals surface area contributed by atoms with Gasteiger partial charge in [0.15, 0.2) is 0 Å². The number of anilines is 1. The molecule has 4 heteroatoms. The van der Waals surface area contributed by atoms with Crippen molar-refractivity contribution < 1.29 is 14.6 Å². The van der Waals surface area contributed by atoms with Gasteiger partial charge >= 0.3 is 5.97 Å². The van der Waals surface area contributed by atoms with Crippen molar-refractivity contribution in [2.24, 2.45) is 0 Å². The van der Waals surface area contributed by atoms with Crippen molar-refractivity contribution in [3.05, 3.63) is 29.3 Å². The smallest absolute Gasteiger partial charge is 0.338 e. The van der Waals surface area contributed by atoms with Crippen LogP contribution in [-0.2, 0) is 11.3 Å². The van der Waals surface area contributed by atoms with Gasteiger partial charge in [0.1, 0.15) is 0 Å². The summed E-state index contributed by atoms with van der Waals surface area (Å²) in [6.07, 6.45) is 0. The van der Waals surface area contributed by atoms with E-state index in [9.17, 15) is 4.79 Å². The van der Waals surface area contributed by atoms with Gasteiger partial charge < -0.3 is 15.6 Å². The Labute approximate surface area is 82.3 Å². The highest BCUT2D eigenvalue weighted by Crippen LogP contribution is 2.17. The highest BCUT2D eigenvalue weighted by Gasteiger charge is 2.13. The Morgan fingerprint density at radius 2 is 2.29 bits per heavy atom. The molecule has 0 spiro atoms. The predicted molar refractivity (Wildman–Crippen MR) is 52.7 cm³/mol. The second kappa shape index (κ2) is 4.62. The number of aliphatic hydroxyl groups is 1. The Balaban J connectivity index is 3.07. The highest BCUT2D eigenvalue weighted by molar-refractivity contribution is 5.92. The molecule has 3 N–H and O–H groups in total. The SMILES string of the molecule is CCOC(=O)c1cccc(N)c1CO. The van der Waals surface area contributed by atoms with E-state index in [0.29, 0.717) is 23.4 Å². The molecule has 0 aliphatic rings. The van der Waals surface area contributed by atoms with Crippen LogP contribution in [-0.4, -0.2) is 17.7 Å². The monoisotopic (exact) mass is 195 g/mol. The van der Waals surface area contributed by atoms with Crippen LogP contribution in [0.15, 0.2) is 18.2 Å². The maximum absolute atomic E-state index is 11.4. The summed E-state index contributed by atoms with van der Waals surface area (Å²) in [6, 6.07) is 4.87. The summed E-state index contributed by atoms with van der Waals surface area (Å²) in [6.45, 7) is 1.77. The molecule has 0 aliphatic heterocycles. The molecule has 0 fully saturated rings. The Morgan fingerprint density at radius 3 is 2.86 bits per heavy atom. The van der Waals surface area contributed by atoms with Crippen LogP contribution in [0.2, 0.25) is 0 Å². The van der Waals surface area contributed by atoms with E-state index in [4.69, 9.17) is 15.6 Å². The Hall–Kier alpha value is -1.55. The van der Waals surface area contributed by atoms with Gasteiger partial charge in [-0.3, -0.25) is 0 Å². The van der Waals surface area contributed by atoms with Gasteiger partial charge in [0, 0.05) is 11.3 Å². The van der Waals surface area contributed by atoms with Crippen molar-refractivity contribution in [3.8, 4) is 0 Å². The second-order valence-electron chi connectivity index (χ2n) is 2.75. The number of carbonyl (C=O) groups is 1. The van der Waals surface area contributed by atoms with E-state index in [2.05, 4.69) is 0 Å². The number of aliphatic hydroxyl groups excluding tert-OH is 1. The molecule has 0 aromatic heterocycles. The van der Waals surface area contributed by atoms with E-state index >= 15 is 0 Å². The van der Waals surface area contributed by atoms with Gasteiger partial charge in [0.2, 0.25) is 0 Å². The molecule has 0 heterocycles. The zero-order chi connectivity index (χ0) is 10.6. The van der Waals surface area contributed by atoms with Gasteiger partial charge in [-0.15, -0.1) is 0 Å². The van der Waals surface area contributed by atoms with Gasteiger partial charge in [-0.25, -0.2) is 4.79 Å². The van der Waals surface area contributed by atoms with Crippen LogP contribution in [0.3, 0.4) is 0 Å². The average Bonchev–Trinajstić information content (AvgIpc) is 2.17. The second-order valence-corrected chi connectivity index (χ2v) is 2.75. The van der Waals surface area contributed by atoms with Crippen LogP contribution >= 0.6 is 0 Å². The standard InChI is InChI=1S/C10H13NO3/c1-2-14-10(13)7-4-3-5-9(11)8(7)6-12/h3-5,12H,2,6,11H2,1H3. The van der Waals surface area contributed by atoms with Gasteiger partial charge in [-0.2, -0.15) is 0 Å². The van der Waals surface area contributed by atoms with Crippen molar-refractivity contribution in [1.82, 2.24) is 0 Å². The quantitative estimate of drug-likeness (QED) is 0.556. The molecular formula is C10H13NO3. The first kappa shape index (κ1) is 10.5. The molecule has 0 bridgehead atoms. The molecule has 4 nitrogen and oxygen atoms in total. The Kier molecular flexibility index (Phi) is 3.48. The van der Waals surface area contributed by atoms with E-state index in [1.54, 1.807) is 25.1 Å². The number of ether oxygens (including phenoxy) is 1. The molecule has 0 aliphatic carbocycles. The minimum absolute atomic E-state index is 0.263. The third-order valence-electron chi connectivity index (χ3n) is 1.87. The number of nitrogens with two attached hydrogens (primary N) is 1. The molecular weight excluding hydrogens is 182 g/mol. The summed E-state index contributed by atoms with van der Waals surface area (Å²) in [4.78, 5) is 11.4. The van der Waals surface area contributed by atoms with E-state index < -0.39 is 5.97 Å². The van der Waals surface area contributed by atoms with Crippen LogP contribution < -0.4 is 5.73 Å². The van der Waals surface area contributed by atoms with Crippen molar-refractivity contribution in [2.75, 3.05) is 12.3 Å². The number of carbonyl (C=O) groups excluding carboxylic acids is 1. The van der Waals surface area contributed by atoms with Crippen LogP contribution in [0.4, 0.5) is 5.69 Å². The molecule has 1 aromatic carbocycles. The lowest BCUT2D eigenvalue weighted by Crippen LogP contribution is -2.10. The Bertz CT molecular complexity index is 336. The summed E-state index contributed by atoms with van der Waals surface area (Å²) < 4.78 is 4.82. The molecule has 0 saturated carbocycles. The number of esters is 1. The number of hydrogen-bond acceptors (Lipinski definition) is 4. The normalized spacial score (nSPS) is 9.86. The zero-order valence-corrected chi connectivity index (χ0v) is 7.99. The summed E-state index contributed by atoms with van der Waals surface area (Å²) in [5.41, 5.74) is 6.75. The number of nitrogen functional groups attached to an aromatic ring is 1. The van der Waals surface area contributed by atoms with Gasteiger partial charge in [0.05, 0.1) is 18.8 Å².